The molecular weight excluding hydrogens is 404 g/mol. The average Bonchev–Trinajstić information content (AvgIpc) is 2.73. The van der Waals surface area contributed by atoms with Crippen LogP contribution in [-0.2, 0) is 10.0 Å². The number of nitrogens with one attached hydrogen (secondary N) is 2. The summed E-state index contributed by atoms with van der Waals surface area (Å²) in [6.07, 6.45) is 6.49. The average molecular weight is 433 g/mol. The van der Waals surface area contributed by atoms with Crippen molar-refractivity contribution in [2.24, 2.45) is 0 Å². The standard InChI is InChI=1S/C22H28N2O3S2/c1-17-10-12-19(13-11-17)24-29(26,27)21-9-5-6-18(16-21)22(25)23-14-15-28-20-7-3-2-4-8-20/h5-6,9-13,16,20,24H,2-4,7-8,14-15H2,1H3,(H,23,25). The first-order valence-electron chi connectivity index (χ1n) is 10.0. The number of carbonyl (C=O) groups is 1. The lowest BCUT2D eigenvalue weighted by Gasteiger charge is -2.20. The third-order valence-corrected chi connectivity index (χ3v) is 7.77. The molecule has 2 aromatic carbocycles. The number of sulfonamides is 1. The van der Waals surface area contributed by atoms with Crippen molar-refractivity contribution in [2.45, 2.75) is 49.2 Å². The quantitative estimate of drug-likeness (QED) is 0.598. The minimum absolute atomic E-state index is 0.0716. The van der Waals surface area contributed by atoms with E-state index in [-0.39, 0.29) is 10.8 Å². The van der Waals surface area contributed by atoms with Gasteiger partial charge in [0.1, 0.15) is 0 Å². The molecule has 0 atom stereocenters. The molecule has 1 amide bonds. The maximum Gasteiger partial charge on any atom is 0.261 e. The fraction of sp³-hybridized carbons (Fsp3) is 0.409. The summed E-state index contributed by atoms with van der Waals surface area (Å²) in [5.74, 6) is 0.630. The molecule has 1 saturated carbocycles. The molecule has 0 saturated heterocycles. The first-order valence-corrected chi connectivity index (χ1v) is 12.6. The van der Waals surface area contributed by atoms with Crippen molar-refractivity contribution in [1.29, 1.82) is 0 Å². The van der Waals surface area contributed by atoms with Gasteiger partial charge in [-0.1, -0.05) is 43.0 Å². The minimum Gasteiger partial charge on any atom is -0.351 e. The van der Waals surface area contributed by atoms with E-state index in [2.05, 4.69) is 10.0 Å². The molecule has 0 aromatic heterocycles. The molecule has 1 aliphatic carbocycles. The lowest BCUT2D eigenvalue weighted by atomic mass is 10.0. The Kier molecular flexibility index (Phi) is 7.61. The zero-order valence-electron chi connectivity index (χ0n) is 16.7. The number of rotatable bonds is 8. The molecule has 0 bridgehead atoms. The Morgan fingerprint density at radius 3 is 2.52 bits per heavy atom. The highest BCUT2D eigenvalue weighted by Crippen LogP contribution is 2.27. The van der Waals surface area contributed by atoms with Crippen molar-refractivity contribution in [1.82, 2.24) is 5.32 Å². The van der Waals surface area contributed by atoms with E-state index in [0.29, 0.717) is 23.0 Å². The number of thioether (sulfide) groups is 1. The summed E-state index contributed by atoms with van der Waals surface area (Å²) >= 11 is 1.92. The van der Waals surface area contributed by atoms with Crippen LogP contribution in [0.25, 0.3) is 0 Å². The van der Waals surface area contributed by atoms with Crippen LogP contribution < -0.4 is 10.0 Å². The highest BCUT2D eigenvalue weighted by Gasteiger charge is 2.17. The van der Waals surface area contributed by atoms with Crippen LogP contribution in [0.3, 0.4) is 0 Å². The van der Waals surface area contributed by atoms with E-state index in [1.54, 1.807) is 24.3 Å². The Morgan fingerprint density at radius 1 is 1.07 bits per heavy atom. The molecule has 156 valence electrons. The highest BCUT2D eigenvalue weighted by molar-refractivity contribution is 7.99. The van der Waals surface area contributed by atoms with E-state index in [9.17, 15) is 13.2 Å². The van der Waals surface area contributed by atoms with Gasteiger partial charge in [-0.15, -0.1) is 0 Å². The van der Waals surface area contributed by atoms with Crippen LogP contribution in [0.1, 0.15) is 48.0 Å². The fourth-order valence-electron chi connectivity index (χ4n) is 3.36. The Balaban J connectivity index is 1.56. The van der Waals surface area contributed by atoms with Crippen LogP contribution >= 0.6 is 11.8 Å². The second-order valence-electron chi connectivity index (χ2n) is 7.39. The number of hydrogen-bond donors (Lipinski definition) is 2. The molecule has 1 fully saturated rings. The largest absolute Gasteiger partial charge is 0.351 e. The zero-order valence-corrected chi connectivity index (χ0v) is 18.3. The van der Waals surface area contributed by atoms with Gasteiger partial charge in [-0.05, 0) is 50.1 Å². The molecule has 0 spiro atoms. The van der Waals surface area contributed by atoms with Crippen molar-refractivity contribution in [3.8, 4) is 0 Å². The fourth-order valence-corrected chi connectivity index (χ4v) is 5.69. The topological polar surface area (TPSA) is 75.3 Å². The molecule has 2 aromatic rings. The van der Waals surface area contributed by atoms with E-state index >= 15 is 0 Å². The monoisotopic (exact) mass is 432 g/mol. The molecule has 3 rings (SSSR count). The predicted octanol–water partition coefficient (Wildman–Crippen LogP) is 4.59. The minimum atomic E-state index is -3.76. The van der Waals surface area contributed by atoms with Crippen LogP contribution in [0.15, 0.2) is 53.4 Å². The molecule has 0 heterocycles. The Morgan fingerprint density at radius 2 is 1.79 bits per heavy atom. The number of carbonyl (C=O) groups excluding carboxylic acids is 1. The molecule has 1 aliphatic rings. The number of benzene rings is 2. The number of anilines is 1. The molecule has 29 heavy (non-hydrogen) atoms. The first-order chi connectivity index (χ1) is 13.9. The van der Waals surface area contributed by atoms with Crippen molar-refractivity contribution in [3.63, 3.8) is 0 Å². The van der Waals surface area contributed by atoms with E-state index < -0.39 is 10.0 Å². The number of aryl methyl sites for hydroxylation is 1. The van der Waals surface area contributed by atoms with E-state index in [1.165, 1.54) is 44.2 Å². The summed E-state index contributed by atoms with van der Waals surface area (Å²) in [5.41, 5.74) is 1.89. The lowest BCUT2D eigenvalue weighted by Crippen LogP contribution is -2.26. The molecule has 7 heteroatoms. The number of amides is 1. The van der Waals surface area contributed by atoms with Gasteiger partial charge in [-0.2, -0.15) is 11.8 Å². The molecule has 0 radical (unpaired) electrons. The van der Waals surface area contributed by atoms with Gasteiger partial charge in [0, 0.05) is 28.8 Å². The van der Waals surface area contributed by atoms with E-state index in [1.807, 2.05) is 30.8 Å². The zero-order chi connectivity index (χ0) is 20.7. The van der Waals surface area contributed by atoms with Crippen molar-refractivity contribution in [2.75, 3.05) is 17.0 Å². The normalized spacial score (nSPS) is 15.1. The third kappa shape index (κ3) is 6.51. The summed E-state index contributed by atoms with van der Waals surface area (Å²) < 4.78 is 27.9. The van der Waals surface area contributed by atoms with Gasteiger partial charge < -0.3 is 5.32 Å². The number of hydrogen-bond acceptors (Lipinski definition) is 4. The van der Waals surface area contributed by atoms with Crippen molar-refractivity contribution < 1.29 is 13.2 Å². The van der Waals surface area contributed by atoms with Crippen LogP contribution in [0.2, 0.25) is 0 Å². The van der Waals surface area contributed by atoms with Gasteiger partial charge in [-0.3, -0.25) is 9.52 Å². The summed E-state index contributed by atoms with van der Waals surface area (Å²) in [6, 6.07) is 13.2. The first kappa shape index (κ1) is 21.7. The van der Waals surface area contributed by atoms with Gasteiger partial charge in [0.15, 0.2) is 0 Å². The molecule has 0 unspecified atom stereocenters. The van der Waals surface area contributed by atoms with Crippen LogP contribution in [0, 0.1) is 6.92 Å². The molecule has 0 aliphatic heterocycles. The Hall–Kier alpha value is -1.99. The predicted molar refractivity (Wildman–Crippen MR) is 120 cm³/mol. The van der Waals surface area contributed by atoms with Gasteiger partial charge in [-0.25, -0.2) is 8.42 Å². The van der Waals surface area contributed by atoms with Crippen LogP contribution in [-0.4, -0.2) is 31.9 Å². The third-order valence-electron chi connectivity index (χ3n) is 5.00. The van der Waals surface area contributed by atoms with Gasteiger partial charge >= 0.3 is 0 Å². The summed E-state index contributed by atoms with van der Waals surface area (Å²) in [5, 5.41) is 3.61. The van der Waals surface area contributed by atoms with Crippen molar-refractivity contribution >= 4 is 33.4 Å². The highest BCUT2D eigenvalue weighted by atomic mass is 32.2. The maximum atomic E-state index is 12.7. The molecular formula is C22H28N2O3S2. The van der Waals surface area contributed by atoms with Crippen LogP contribution in [0.5, 0.6) is 0 Å². The summed E-state index contributed by atoms with van der Waals surface area (Å²) in [6.45, 7) is 2.52. The Bertz CT molecular complexity index is 921. The molecule has 5 nitrogen and oxygen atoms in total. The van der Waals surface area contributed by atoms with E-state index in [4.69, 9.17) is 0 Å². The second-order valence-corrected chi connectivity index (χ2v) is 10.5. The van der Waals surface area contributed by atoms with Gasteiger partial charge in [0.2, 0.25) is 0 Å². The lowest BCUT2D eigenvalue weighted by molar-refractivity contribution is 0.0956. The maximum absolute atomic E-state index is 12.7. The van der Waals surface area contributed by atoms with Gasteiger partial charge in [0.05, 0.1) is 4.90 Å². The van der Waals surface area contributed by atoms with E-state index in [0.717, 1.165) is 11.3 Å². The second kappa shape index (κ2) is 10.2. The van der Waals surface area contributed by atoms with Crippen molar-refractivity contribution in [3.05, 3.63) is 59.7 Å². The molecule has 2 N–H and O–H groups in total. The smallest absolute Gasteiger partial charge is 0.261 e. The Labute approximate surface area is 177 Å². The SMILES string of the molecule is Cc1ccc(NS(=O)(=O)c2cccc(C(=O)NCCSC3CCCCC3)c2)cc1. The van der Waals surface area contributed by atoms with Gasteiger partial charge in [0.25, 0.3) is 15.9 Å². The summed E-state index contributed by atoms with van der Waals surface area (Å²) in [4.78, 5) is 12.5. The van der Waals surface area contributed by atoms with Crippen LogP contribution in [0.4, 0.5) is 5.69 Å². The summed E-state index contributed by atoms with van der Waals surface area (Å²) in [7, 11) is -3.76.